The Bertz CT molecular complexity index is 898. The molecule has 1 saturated carbocycles. The summed E-state index contributed by atoms with van der Waals surface area (Å²) in [7, 11) is 0. The topological polar surface area (TPSA) is 62.5 Å². The predicted octanol–water partition coefficient (Wildman–Crippen LogP) is 3.68. The van der Waals surface area contributed by atoms with Crippen LogP contribution in [0.5, 0.6) is 5.75 Å². The number of ketones is 1. The number of fused-ring (bicyclic) bond motifs is 7. The lowest BCUT2D eigenvalue weighted by atomic mass is 9.85. The van der Waals surface area contributed by atoms with E-state index in [1.54, 1.807) is 13.8 Å². The van der Waals surface area contributed by atoms with Gasteiger partial charge in [-0.15, -0.1) is 0 Å². The standard InChI is InChI=1S/C24H32N2O3/c1-15(27)24-11-18(24)9-7-5-3-4-6-8-10-20-21(24)23(29)22-19-14-25(16(2)28)12-17(19)13-26(20)22/h7,9,17-19,29H,3-6,8,10-14H2,1-2H3. The maximum absolute atomic E-state index is 12.9. The van der Waals surface area contributed by atoms with Crippen molar-refractivity contribution in [3.8, 4) is 5.75 Å². The van der Waals surface area contributed by atoms with Gasteiger partial charge in [0.15, 0.2) is 0 Å². The molecule has 1 N–H and O–H groups in total. The first-order chi connectivity index (χ1) is 13.9. The van der Waals surface area contributed by atoms with Gasteiger partial charge < -0.3 is 14.6 Å². The Kier molecular flexibility index (Phi) is 4.41. The molecule has 1 amide bonds. The third-order valence-corrected chi connectivity index (χ3v) is 8.03. The highest BCUT2D eigenvalue weighted by molar-refractivity contribution is 5.94. The number of hydrogen-bond acceptors (Lipinski definition) is 3. The van der Waals surface area contributed by atoms with E-state index in [0.29, 0.717) is 18.2 Å². The second-order valence-electron chi connectivity index (χ2n) is 9.68. The molecule has 3 heterocycles. The average Bonchev–Trinajstić information content (AvgIpc) is 2.93. The van der Waals surface area contributed by atoms with Crippen LogP contribution in [0.3, 0.4) is 0 Å². The van der Waals surface area contributed by atoms with Crippen molar-refractivity contribution >= 4 is 11.7 Å². The summed E-state index contributed by atoms with van der Waals surface area (Å²) in [4.78, 5) is 26.7. The molecule has 0 aromatic carbocycles. The van der Waals surface area contributed by atoms with Crippen LogP contribution >= 0.6 is 0 Å². The molecule has 2 fully saturated rings. The van der Waals surface area contributed by atoms with E-state index in [1.165, 1.54) is 25.0 Å². The molecule has 5 rings (SSSR count). The second kappa shape index (κ2) is 6.75. The molecule has 5 nitrogen and oxygen atoms in total. The highest BCUT2D eigenvalue weighted by Gasteiger charge is 2.61. The van der Waals surface area contributed by atoms with Crippen molar-refractivity contribution in [2.45, 2.75) is 76.7 Å². The summed E-state index contributed by atoms with van der Waals surface area (Å²) in [5, 5.41) is 11.5. The van der Waals surface area contributed by atoms with Gasteiger partial charge in [-0.3, -0.25) is 9.59 Å². The minimum absolute atomic E-state index is 0.114. The van der Waals surface area contributed by atoms with Crippen molar-refractivity contribution < 1.29 is 14.7 Å². The monoisotopic (exact) mass is 396 g/mol. The van der Waals surface area contributed by atoms with E-state index >= 15 is 0 Å². The van der Waals surface area contributed by atoms with E-state index in [1.807, 2.05) is 4.90 Å². The van der Waals surface area contributed by atoms with Gasteiger partial charge in [0.25, 0.3) is 0 Å². The number of rotatable bonds is 1. The number of aromatic hydroxyl groups is 1. The summed E-state index contributed by atoms with van der Waals surface area (Å²) in [6.45, 7) is 5.65. The van der Waals surface area contributed by atoms with Gasteiger partial charge in [0.1, 0.15) is 11.5 Å². The van der Waals surface area contributed by atoms with E-state index in [4.69, 9.17) is 0 Å². The number of amides is 1. The molecule has 1 saturated heterocycles. The SMILES string of the molecule is CC(=O)N1CC2Cn3c4c(c(O)c3C2C1)C1(C(C)=O)CC1C=CCCCCCC4. The van der Waals surface area contributed by atoms with Crippen LogP contribution in [0.25, 0.3) is 0 Å². The van der Waals surface area contributed by atoms with Crippen LogP contribution in [-0.4, -0.2) is 39.4 Å². The van der Waals surface area contributed by atoms with Gasteiger partial charge in [0.2, 0.25) is 5.91 Å². The van der Waals surface area contributed by atoms with Crippen molar-refractivity contribution in [1.82, 2.24) is 9.47 Å². The van der Waals surface area contributed by atoms with Gasteiger partial charge in [-0.2, -0.15) is 0 Å². The fourth-order valence-electron chi connectivity index (χ4n) is 6.40. The summed E-state index contributed by atoms with van der Waals surface area (Å²) in [5.74, 6) is 1.44. The van der Waals surface area contributed by atoms with Crippen LogP contribution in [0.15, 0.2) is 12.2 Å². The van der Waals surface area contributed by atoms with Crippen molar-refractivity contribution in [2.24, 2.45) is 11.8 Å². The van der Waals surface area contributed by atoms with Gasteiger partial charge in [-0.25, -0.2) is 0 Å². The summed E-state index contributed by atoms with van der Waals surface area (Å²) in [6.07, 6.45) is 12.1. The molecule has 0 bridgehead atoms. The zero-order chi connectivity index (χ0) is 20.3. The highest BCUT2D eigenvalue weighted by Crippen LogP contribution is 2.62. The predicted molar refractivity (Wildman–Crippen MR) is 111 cm³/mol. The molecule has 4 aliphatic rings. The lowest BCUT2D eigenvalue weighted by Crippen LogP contribution is -2.27. The quantitative estimate of drug-likeness (QED) is 0.737. The van der Waals surface area contributed by atoms with Crippen LogP contribution in [0.2, 0.25) is 0 Å². The Balaban J connectivity index is 1.61. The number of carbonyl (C=O) groups is 2. The number of allylic oxidation sites excluding steroid dienone is 2. The van der Waals surface area contributed by atoms with Crippen LogP contribution in [0, 0.1) is 11.8 Å². The molecule has 0 spiro atoms. The normalized spacial score (nSPS) is 33.2. The van der Waals surface area contributed by atoms with E-state index in [0.717, 1.165) is 50.0 Å². The van der Waals surface area contributed by atoms with Crippen LogP contribution in [-0.2, 0) is 28.0 Å². The number of carbonyl (C=O) groups excluding carboxylic acids is 2. The first kappa shape index (κ1) is 19.0. The van der Waals surface area contributed by atoms with Gasteiger partial charge in [0, 0.05) is 49.7 Å². The molecule has 0 radical (unpaired) electrons. The Morgan fingerprint density at radius 3 is 2.66 bits per heavy atom. The fraction of sp³-hybridized carbons (Fsp3) is 0.667. The van der Waals surface area contributed by atoms with E-state index < -0.39 is 5.41 Å². The largest absolute Gasteiger partial charge is 0.506 e. The molecule has 5 heteroatoms. The molecule has 156 valence electrons. The number of likely N-dealkylation sites (tertiary alicyclic amines) is 1. The lowest BCUT2D eigenvalue weighted by Gasteiger charge is -2.19. The van der Waals surface area contributed by atoms with Crippen molar-refractivity contribution in [2.75, 3.05) is 13.1 Å². The van der Waals surface area contributed by atoms with Gasteiger partial charge in [0.05, 0.1) is 11.1 Å². The van der Waals surface area contributed by atoms with Gasteiger partial charge in [-0.1, -0.05) is 25.0 Å². The second-order valence-corrected chi connectivity index (χ2v) is 9.68. The van der Waals surface area contributed by atoms with Crippen molar-refractivity contribution in [1.29, 1.82) is 0 Å². The molecule has 4 atom stereocenters. The molecule has 29 heavy (non-hydrogen) atoms. The smallest absolute Gasteiger partial charge is 0.219 e. The minimum Gasteiger partial charge on any atom is -0.506 e. The lowest BCUT2D eigenvalue weighted by molar-refractivity contribution is -0.128. The molecular weight excluding hydrogens is 364 g/mol. The molecule has 2 aliphatic heterocycles. The summed E-state index contributed by atoms with van der Waals surface area (Å²) in [6, 6.07) is 0. The van der Waals surface area contributed by atoms with Crippen molar-refractivity contribution in [3.63, 3.8) is 0 Å². The van der Waals surface area contributed by atoms with E-state index in [-0.39, 0.29) is 23.5 Å². The third kappa shape index (κ3) is 2.72. The van der Waals surface area contributed by atoms with Crippen molar-refractivity contribution in [3.05, 3.63) is 29.1 Å². The molecule has 2 aliphatic carbocycles. The zero-order valence-corrected chi connectivity index (χ0v) is 17.6. The summed E-state index contributed by atoms with van der Waals surface area (Å²) in [5.41, 5.74) is 2.58. The van der Waals surface area contributed by atoms with Gasteiger partial charge in [-0.05, 0) is 44.9 Å². The number of nitrogens with zero attached hydrogens (tertiary/aromatic N) is 2. The minimum atomic E-state index is -0.541. The van der Waals surface area contributed by atoms with E-state index in [9.17, 15) is 14.7 Å². The van der Waals surface area contributed by atoms with Gasteiger partial charge >= 0.3 is 0 Å². The fourth-order valence-corrected chi connectivity index (χ4v) is 6.40. The first-order valence-corrected chi connectivity index (χ1v) is 11.3. The summed E-state index contributed by atoms with van der Waals surface area (Å²) >= 11 is 0. The Labute approximate surface area is 172 Å². The molecule has 1 aromatic rings. The van der Waals surface area contributed by atoms with Crippen LogP contribution in [0.4, 0.5) is 0 Å². The maximum Gasteiger partial charge on any atom is 0.219 e. The number of aromatic nitrogens is 1. The Morgan fingerprint density at radius 2 is 1.90 bits per heavy atom. The number of hydrogen-bond donors (Lipinski definition) is 1. The Morgan fingerprint density at radius 1 is 1.10 bits per heavy atom. The first-order valence-electron chi connectivity index (χ1n) is 11.3. The number of Topliss-reactive ketones (excluding diaryl/α,β-unsaturated/α-hetero) is 1. The maximum atomic E-state index is 12.9. The molecule has 1 aromatic heterocycles. The molecular formula is C24H32N2O3. The molecule has 4 unspecified atom stereocenters. The third-order valence-electron chi connectivity index (χ3n) is 8.03. The van der Waals surface area contributed by atoms with Crippen LogP contribution in [0.1, 0.15) is 75.2 Å². The van der Waals surface area contributed by atoms with Crippen LogP contribution < -0.4 is 0 Å². The van der Waals surface area contributed by atoms with E-state index in [2.05, 4.69) is 16.7 Å². The highest BCUT2D eigenvalue weighted by atomic mass is 16.3. The zero-order valence-electron chi connectivity index (χ0n) is 17.6. The Hall–Kier alpha value is -2.04. The summed E-state index contributed by atoms with van der Waals surface area (Å²) < 4.78 is 2.34. The average molecular weight is 397 g/mol.